The molecule has 0 unspecified atom stereocenters. The van der Waals surface area contributed by atoms with Gasteiger partial charge in [0.15, 0.2) is 0 Å². The highest BCUT2D eigenvalue weighted by atomic mass is 32.2. The van der Waals surface area contributed by atoms with Crippen LogP contribution in [0.25, 0.3) is 0 Å². The molecule has 1 saturated carbocycles. The van der Waals surface area contributed by atoms with E-state index in [-0.39, 0.29) is 23.5 Å². The number of carbonyl (C=O) groups is 1. The first kappa shape index (κ1) is 23.3. The van der Waals surface area contributed by atoms with Crippen LogP contribution in [-0.2, 0) is 19.6 Å². The molecule has 2 fully saturated rings. The number of sulfonamides is 1. The monoisotopic (exact) mass is 450 g/mol. The second-order valence-electron chi connectivity index (χ2n) is 8.14. The zero-order valence-corrected chi connectivity index (χ0v) is 18.8. The van der Waals surface area contributed by atoms with Gasteiger partial charge in [0.25, 0.3) is 0 Å². The summed E-state index contributed by atoms with van der Waals surface area (Å²) < 4.78 is 38.4. The molecule has 1 aliphatic carbocycles. The summed E-state index contributed by atoms with van der Waals surface area (Å²) in [6, 6.07) is 6.83. The largest absolute Gasteiger partial charge is 0.489 e. The molecule has 31 heavy (non-hydrogen) atoms. The lowest BCUT2D eigenvalue weighted by atomic mass is 10.00. The van der Waals surface area contributed by atoms with Crippen molar-refractivity contribution in [3.8, 4) is 11.8 Å². The Kier molecular flexibility index (Phi) is 7.41. The Hall–Kier alpha value is -2.35. The van der Waals surface area contributed by atoms with Gasteiger partial charge in [-0.05, 0) is 57.7 Å². The van der Waals surface area contributed by atoms with Crippen LogP contribution in [0.15, 0.2) is 23.1 Å². The number of ether oxygens (including phenoxy) is 2. The van der Waals surface area contributed by atoms with Crippen molar-refractivity contribution in [2.24, 2.45) is 0 Å². The Morgan fingerprint density at radius 3 is 2.58 bits per heavy atom. The van der Waals surface area contributed by atoms with E-state index in [4.69, 9.17) is 9.47 Å². The van der Waals surface area contributed by atoms with E-state index in [9.17, 15) is 18.5 Å². The highest BCUT2D eigenvalue weighted by Crippen LogP contribution is 2.31. The minimum absolute atomic E-state index is 0.0983. The molecule has 0 atom stereocenters. The van der Waals surface area contributed by atoms with E-state index in [1.165, 1.54) is 16.4 Å². The van der Waals surface area contributed by atoms with Crippen LogP contribution in [0.3, 0.4) is 0 Å². The average molecular weight is 451 g/mol. The van der Waals surface area contributed by atoms with Gasteiger partial charge in [-0.25, -0.2) is 8.42 Å². The van der Waals surface area contributed by atoms with Crippen molar-refractivity contribution >= 4 is 21.6 Å². The lowest BCUT2D eigenvalue weighted by Gasteiger charge is -2.26. The second-order valence-corrected chi connectivity index (χ2v) is 10.1. The van der Waals surface area contributed by atoms with E-state index in [2.05, 4.69) is 16.7 Å². The number of nitrogens with zero attached hydrogens (tertiary/aromatic N) is 2. The average Bonchev–Trinajstić information content (AvgIpc) is 3.22. The van der Waals surface area contributed by atoms with Crippen molar-refractivity contribution in [1.82, 2.24) is 9.62 Å². The Labute approximate surface area is 183 Å². The summed E-state index contributed by atoms with van der Waals surface area (Å²) in [6.45, 7) is 4.96. The van der Waals surface area contributed by atoms with Gasteiger partial charge in [-0.3, -0.25) is 4.79 Å². The zero-order chi connectivity index (χ0) is 22.5. The predicted molar refractivity (Wildman–Crippen MR) is 115 cm³/mol. The summed E-state index contributed by atoms with van der Waals surface area (Å²) >= 11 is 0. The number of nitrogens with one attached hydrogen (secondary N) is 2. The molecule has 9 nitrogen and oxygen atoms in total. The van der Waals surface area contributed by atoms with Crippen molar-refractivity contribution < 1.29 is 22.7 Å². The van der Waals surface area contributed by atoms with Crippen LogP contribution >= 0.6 is 0 Å². The maximum Gasteiger partial charge on any atom is 0.243 e. The standard InChI is InChI=1S/C21H30N4O5S/c1-16(2)30-19-6-5-17(31(27,28)25-9-11-29-12-10-25)13-18(19)23-14-20(26)24-21(15-22)7-3-4-8-21/h5-6,13,16,23H,3-4,7-12,14H2,1-2H3,(H,24,26). The van der Waals surface area contributed by atoms with Crippen LogP contribution in [0.1, 0.15) is 39.5 Å². The highest BCUT2D eigenvalue weighted by molar-refractivity contribution is 7.89. The lowest BCUT2D eigenvalue weighted by Crippen LogP contribution is -2.47. The van der Waals surface area contributed by atoms with Crippen LogP contribution in [-0.4, -0.2) is 63.1 Å². The van der Waals surface area contributed by atoms with Gasteiger partial charge < -0.3 is 20.1 Å². The third-order valence-electron chi connectivity index (χ3n) is 5.41. The number of carbonyl (C=O) groups excluding carboxylic acids is 1. The predicted octanol–water partition coefficient (Wildman–Crippen LogP) is 1.86. The van der Waals surface area contributed by atoms with Crippen LogP contribution in [0, 0.1) is 11.3 Å². The van der Waals surface area contributed by atoms with Crippen molar-refractivity contribution in [3.63, 3.8) is 0 Å². The summed E-state index contributed by atoms with van der Waals surface area (Å²) in [6.07, 6.45) is 2.98. The molecule has 0 bridgehead atoms. The molecule has 10 heteroatoms. The molecule has 170 valence electrons. The van der Waals surface area contributed by atoms with Gasteiger partial charge in [-0.2, -0.15) is 9.57 Å². The Balaban J connectivity index is 1.77. The molecule has 1 aromatic rings. The maximum absolute atomic E-state index is 13.0. The van der Waals surface area contributed by atoms with Crippen molar-refractivity contribution in [1.29, 1.82) is 5.26 Å². The van der Waals surface area contributed by atoms with E-state index in [0.29, 0.717) is 50.6 Å². The molecule has 1 heterocycles. The third-order valence-corrected chi connectivity index (χ3v) is 7.31. The molecule has 1 aliphatic heterocycles. The van der Waals surface area contributed by atoms with Crippen molar-refractivity contribution in [2.45, 2.75) is 56.1 Å². The number of nitriles is 1. The Bertz CT molecular complexity index is 930. The van der Waals surface area contributed by atoms with E-state index in [1.807, 2.05) is 13.8 Å². The fourth-order valence-electron chi connectivity index (χ4n) is 3.83. The van der Waals surface area contributed by atoms with Crippen LogP contribution < -0.4 is 15.4 Å². The zero-order valence-electron chi connectivity index (χ0n) is 18.0. The normalized spacial score (nSPS) is 19.0. The maximum atomic E-state index is 13.0. The van der Waals surface area contributed by atoms with Gasteiger partial charge in [0.2, 0.25) is 15.9 Å². The van der Waals surface area contributed by atoms with Gasteiger partial charge >= 0.3 is 0 Å². The molecule has 0 radical (unpaired) electrons. The minimum Gasteiger partial charge on any atom is -0.489 e. The van der Waals surface area contributed by atoms with Crippen molar-refractivity contribution in [3.05, 3.63) is 18.2 Å². The first-order valence-electron chi connectivity index (χ1n) is 10.6. The van der Waals surface area contributed by atoms with Gasteiger partial charge in [0.1, 0.15) is 11.3 Å². The van der Waals surface area contributed by atoms with Crippen LogP contribution in [0.4, 0.5) is 5.69 Å². The number of rotatable bonds is 8. The molecule has 0 spiro atoms. The minimum atomic E-state index is -3.69. The number of amides is 1. The summed E-state index contributed by atoms with van der Waals surface area (Å²) in [4.78, 5) is 12.6. The molecule has 0 aromatic heterocycles. The third kappa shape index (κ3) is 5.67. The Morgan fingerprint density at radius 1 is 1.29 bits per heavy atom. The first-order valence-corrected chi connectivity index (χ1v) is 12.0. The van der Waals surface area contributed by atoms with Gasteiger partial charge in [-0.1, -0.05) is 0 Å². The summed E-state index contributed by atoms with van der Waals surface area (Å²) in [5, 5.41) is 15.3. The lowest BCUT2D eigenvalue weighted by molar-refractivity contribution is -0.120. The number of hydrogen-bond donors (Lipinski definition) is 2. The van der Waals surface area contributed by atoms with E-state index in [0.717, 1.165) is 12.8 Å². The summed E-state index contributed by atoms with van der Waals surface area (Å²) in [5.74, 6) is 0.139. The van der Waals surface area contributed by atoms with Crippen LogP contribution in [0.2, 0.25) is 0 Å². The van der Waals surface area contributed by atoms with Gasteiger partial charge in [0, 0.05) is 13.1 Å². The molecule has 1 amide bonds. The van der Waals surface area contributed by atoms with Gasteiger partial charge in [0.05, 0.1) is 42.5 Å². The van der Waals surface area contributed by atoms with Gasteiger partial charge in [-0.15, -0.1) is 0 Å². The molecular formula is C21H30N4O5S. The van der Waals surface area contributed by atoms with Crippen LogP contribution in [0.5, 0.6) is 5.75 Å². The van der Waals surface area contributed by atoms with E-state index < -0.39 is 15.6 Å². The van der Waals surface area contributed by atoms with E-state index in [1.54, 1.807) is 6.07 Å². The molecule has 3 rings (SSSR count). The SMILES string of the molecule is CC(C)Oc1ccc(S(=O)(=O)N2CCOCC2)cc1NCC(=O)NC1(C#N)CCCC1. The first-order chi connectivity index (χ1) is 14.8. The number of hydrogen-bond acceptors (Lipinski definition) is 7. The van der Waals surface area contributed by atoms with Crippen molar-refractivity contribution in [2.75, 3.05) is 38.2 Å². The summed E-state index contributed by atoms with van der Waals surface area (Å²) in [7, 11) is -3.69. The quantitative estimate of drug-likeness (QED) is 0.620. The molecule has 2 N–H and O–H groups in total. The number of morpholine rings is 1. The fraction of sp³-hybridized carbons (Fsp3) is 0.619. The second kappa shape index (κ2) is 9.85. The molecule has 1 saturated heterocycles. The summed E-state index contributed by atoms with van der Waals surface area (Å²) in [5.41, 5.74) is -0.395. The van der Waals surface area contributed by atoms with E-state index >= 15 is 0 Å². The molecule has 1 aromatic carbocycles. The number of benzene rings is 1. The Morgan fingerprint density at radius 2 is 1.97 bits per heavy atom. The molecular weight excluding hydrogens is 420 g/mol. The molecule has 2 aliphatic rings. The fourth-order valence-corrected chi connectivity index (χ4v) is 5.27. The highest BCUT2D eigenvalue weighted by Gasteiger charge is 2.35. The topological polar surface area (TPSA) is 121 Å². The number of anilines is 1. The smallest absolute Gasteiger partial charge is 0.243 e.